The summed E-state index contributed by atoms with van der Waals surface area (Å²) in [5.74, 6) is -0.740. The van der Waals surface area contributed by atoms with Gasteiger partial charge in [0.05, 0.1) is 0 Å². The van der Waals surface area contributed by atoms with Gasteiger partial charge in [-0.05, 0) is 36.8 Å². The first kappa shape index (κ1) is 16.5. The molecule has 0 aliphatic heterocycles. The average molecular weight is 338 g/mol. The third kappa shape index (κ3) is 3.87. The number of hydrogen-bond acceptors (Lipinski definition) is 4. The molecule has 22 heavy (non-hydrogen) atoms. The summed E-state index contributed by atoms with van der Waals surface area (Å²) in [4.78, 5) is 26.6. The molecule has 0 spiro atoms. The summed E-state index contributed by atoms with van der Waals surface area (Å²) in [6, 6.07) is 10.9. The van der Waals surface area contributed by atoms with Crippen molar-refractivity contribution in [3.8, 4) is 10.4 Å². The van der Waals surface area contributed by atoms with E-state index in [9.17, 15) is 9.59 Å². The van der Waals surface area contributed by atoms with Crippen molar-refractivity contribution < 1.29 is 14.3 Å². The van der Waals surface area contributed by atoms with E-state index in [4.69, 9.17) is 16.3 Å². The number of likely N-dealkylation sites (N-methyl/N-ethyl adjacent to an activating group) is 1. The lowest BCUT2D eigenvalue weighted by Gasteiger charge is -2.16. The van der Waals surface area contributed by atoms with E-state index in [0.29, 0.717) is 9.90 Å². The lowest BCUT2D eigenvalue weighted by Crippen LogP contribution is -2.34. The Hall–Kier alpha value is -1.85. The van der Waals surface area contributed by atoms with Crippen LogP contribution >= 0.6 is 22.9 Å². The van der Waals surface area contributed by atoms with E-state index in [1.165, 1.54) is 16.2 Å². The molecule has 6 heteroatoms. The molecule has 0 unspecified atom stereocenters. The lowest BCUT2D eigenvalue weighted by atomic mass is 10.2. The zero-order chi connectivity index (χ0) is 16.3. The third-order valence-electron chi connectivity index (χ3n) is 3.01. The Bertz CT molecular complexity index is 679. The van der Waals surface area contributed by atoms with Gasteiger partial charge in [0.1, 0.15) is 4.88 Å². The van der Waals surface area contributed by atoms with Crippen LogP contribution in [0.4, 0.5) is 0 Å². The summed E-state index contributed by atoms with van der Waals surface area (Å²) in [7, 11) is 3.24. The van der Waals surface area contributed by atoms with Gasteiger partial charge in [0.2, 0.25) is 0 Å². The molecule has 2 rings (SSSR count). The summed E-state index contributed by atoms with van der Waals surface area (Å²) in [6.07, 6.45) is -0.802. The maximum absolute atomic E-state index is 12.1. The molecule has 0 N–H and O–H groups in total. The smallest absolute Gasteiger partial charge is 0.349 e. The number of benzene rings is 1. The minimum atomic E-state index is -0.802. The SMILES string of the molecule is C[C@@H](OC(=O)c1ccc(-c2ccc(Cl)cc2)s1)C(=O)N(C)C. The molecule has 1 aromatic carbocycles. The van der Waals surface area contributed by atoms with E-state index in [2.05, 4.69) is 0 Å². The molecule has 1 atom stereocenters. The normalized spacial score (nSPS) is 11.8. The Kier molecular flexibility index (Phi) is 5.21. The van der Waals surface area contributed by atoms with Crippen LogP contribution in [0.1, 0.15) is 16.6 Å². The minimum Gasteiger partial charge on any atom is -0.448 e. The van der Waals surface area contributed by atoms with E-state index in [1.54, 1.807) is 39.2 Å². The van der Waals surface area contributed by atoms with Crippen LogP contribution in [0.15, 0.2) is 36.4 Å². The van der Waals surface area contributed by atoms with E-state index in [0.717, 1.165) is 10.4 Å². The minimum absolute atomic E-state index is 0.247. The van der Waals surface area contributed by atoms with Crippen LogP contribution in [-0.2, 0) is 9.53 Å². The van der Waals surface area contributed by atoms with E-state index in [1.807, 2.05) is 18.2 Å². The molecule has 1 aromatic heterocycles. The Morgan fingerprint density at radius 3 is 2.36 bits per heavy atom. The molecule has 0 saturated heterocycles. The molecule has 2 aromatic rings. The zero-order valence-electron chi connectivity index (χ0n) is 12.5. The predicted octanol–water partition coefficient (Wildman–Crippen LogP) is 3.70. The monoisotopic (exact) mass is 337 g/mol. The van der Waals surface area contributed by atoms with Gasteiger partial charge in [-0.15, -0.1) is 11.3 Å². The van der Waals surface area contributed by atoms with Crippen LogP contribution in [0.2, 0.25) is 5.02 Å². The van der Waals surface area contributed by atoms with E-state index in [-0.39, 0.29) is 5.91 Å². The Morgan fingerprint density at radius 1 is 1.14 bits per heavy atom. The number of halogens is 1. The van der Waals surface area contributed by atoms with Gasteiger partial charge in [0, 0.05) is 24.0 Å². The lowest BCUT2D eigenvalue weighted by molar-refractivity contribution is -0.137. The van der Waals surface area contributed by atoms with Crippen molar-refractivity contribution >= 4 is 34.8 Å². The van der Waals surface area contributed by atoms with Crippen molar-refractivity contribution in [2.24, 2.45) is 0 Å². The highest BCUT2D eigenvalue weighted by atomic mass is 35.5. The highest BCUT2D eigenvalue weighted by molar-refractivity contribution is 7.17. The van der Waals surface area contributed by atoms with Gasteiger partial charge in [-0.25, -0.2) is 4.79 Å². The van der Waals surface area contributed by atoms with Crippen molar-refractivity contribution in [2.75, 3.05) is 14.1 Å². The number of thiophene rings is 1. The van der Waals surface area contributed by atoms with Crippen molar-refractivity contribution in [3.63, 3.8) is 0 Å². The van der Waals surface area contributed by atoms with Crippen LogP contribution in [0.25, 0.3) is 10.4 Å². The molecular weight excluding hydrogens is 322 g/mol. The molecule has 0 fully saturated rings. The molecule has 1 amide bonds. The highest BCUT2D eigenvalue weighted by Gasteiger charge is 2.21. The standard InChI is InChI=1S/C16H16ClNO3S/c1-10(15(19)18(2)3)21-16(20)14-9-8-13(22-14)11-4-6-12(17)7-5-11/h4-10H,1-3H3/t10-/m1/s1. The van der Waals surface area contributed by atoms with Crippen LogP contribution in [0.3, 0.4) is 0 Å². The first-order chi connectivity index (χ1) is 10.4. The van der Waals surface area contributed by atoms with Crippen molar-refractivity contribution in [3.05, 3.63) is 46.3 Å². The van der Waals surface area contributed by atoms with Crippen LogP contribution in [-0.4, -0.2) is 37.0 Å². The third-order valence-corrected chi connectivity index (χ3v) is 4.37. The Balaban J connectivity index is 2.09. The van der Waals surface area contributed by atoms with Crippen LogP contribution < -0.4 is 0 Å². The van der Waals surface area contributed by atoms with Gasteiger partial charge in [-0.2, -0.15) is 0 Å². The molecule has 0 aliphatic rings. The summed E-state index contributed by atoms with van der Waals surface area (Å²) in [6.45, 7) is 1.56. The first-order valence-electron chi connectivity index (χ1n) is 6.66. The maximum atomic E-state index is 12.1. The van der Waals surface area contributed by atoms with Gasteiger partial charge >= 0.3 is 5.97 Å². The van der Waals surface area contributed by atoms with E-state index >= 15 is 0 Å². The molecule has 0 aliphatic carbocycles. The number of carbonyl (C=O) groups is 2. The Morgan fingerprint density at radius 2 is 1.77 bits per heavy atom. The fourth-order valence-electron chi connectivity index (χ4n) is 1.85. The molecule has 0 radical (unpaired) electrons. The maximum Gasteiger partial charge on any atom is 0.349 e. The second kappa shape index (κ2) is 6.94. The largest absolute Gasteiger partial charge is 0.448 e. The van der Waals surface area contributed by atoms with Crippen molar-refractivity contribution in [2.45, 2.75) is 13.0 Å². The van der Waals surface area contributed by atoms with Gasteiger partial charge < -0.3 is 9.64 Å². The predicted molar refractivity (Wildman–Crippen MR) is 88.3 cm³/mol. The topological polar surface area (TPSA) is 46.6 Å². The number of esters is 1. The molecular formula is C16H16ClNO3S. The molecule has 0 saturated carbocycles. The zero-order valence-corrected chi connectivity index (χ0v) is 14.1. The molecule has 116 valence electrons. The first-order valence-corrected chi connectivity index (χ1v) is 7.86. The summed E-state index contributed by atoms with van der Waals surface area (Å²) in [5.41, 5.74) is 0.978. The number of ether oxygens (including phenoxy) is 1. The fraction of sp³-hybridized carbons (Fsp3) is 0.250. The second-order valence-corrected chi connectivity index (χ2v) is 6.47. The molecule has 4 nitrogen and oxygen atoms in total. The molecule has 0 bridgehead atoms. The number of nitrogens with zero attached hydrogens (tertiary/aromatic N) is 1. The van der Waals surface area contributed by atoms with Crippen molar-refractivity contribution in [1.29, 1.82) is 0 Å². The number of amides is 1. The van der Waals surface area contributed by atoms with Gasteiger partial charge in [-0.3, -0.25) is 4.79 Å². The summed E-state index contributed by atoms with van der Waals surface area (Å²) >= 11 is 7.18. The Labute approximate surface area is 138 Å². The second-order valence-electron chi connectivity index (χ2n) is 4.95. The molecule has 1 heterocycles. The fourth-order valence-corrected chi connectivity index (χ4v) is 2.87. The van der Waals surface area contributed by atoms with Crippen LogP contribution in [0.5, 0.6) is 0 Å². The summed E-state index contributed by atoms with van der Waals surface area (Å²) in [5, 5.41) is 0.663. The number of hydrogen-bond donors (Lipinski definition) is 0. The van der Waals surface area contributed by atoms with E-state index < -0.39 is 12.1 Å². The average Bonchev–Trinajstić information content (AvgIpc) is 2.96. The van der Waals surface area contributed by atoms with Gasteiger partial charge in [0.25, 0.3) is 5.91 Å². The number of rotatable bonds is 4. The quantitative estimate of drug-likeness (QED) is 0.799. The van der Waals surface area contributed by atoms with Crippen molar-refractivity contribution in [1.82, 2.24) is 4.90 Å². The highest BCUT2D eigenvalue weighted by Crippen LogP contribution is 2.29. The summed E-state index contributed by atoms with van der Waals surface area (Å²) < 4.78 is 5.19. The van der Waals surface area contributed by atoms with Gasteiger partial charge in [0.15, 0.2) is 6.10 Å². The van der Waals surface area contributed by atoms with Crippen LogP contribution in [0, 0.1) is 0 Å². The number of carbonyl (C=O) groups excluding carboxylic acids is 2. The van der Waals surface area contributed by atoms with Gasteiger partial charge in [-0.1, -0.05) is 23.7 Å².